The van der Waals surface area contributed by atoms with Crippen LogP contribution in [0.4, 0.5) is 0 Å². The van der Waals surface area contributed by atoms with Gasteiger partial charge in [0.2, 0.25) is 0 Å². The molecule has 4 atom stereocenters. The molecule has 4 unspecified atom stereocenters. The lowest BCUT2D eigenvalue weighted by Crippen LogP contribution is -2.40. The van der Waals surface area contributed by atoms with Crippen molar-refractivity contribution in [3.63, 3.8) is 0 Å². The molecule has 1 fully saturated rings. The predicted molar refractivity (Wildman–Crippen MR) is 67.8 cm³/mol. The molecule has 0 aromatic carbocycles. The Morgan fingerprint density at radius 2 is 1.22 bits per heavy atom. The lowest BCUT2D eigenvalue weighted by atomic mass is 9.69. The van der Waals surface area contributed by atoms with Crippen molar-refractivity contribution in [2.24, 2.45) is 23.7 Å². The highest BCUT2D eigenvalue weighted by Gasteiger charge is 2.42. The lowest BCUT2D eigenvalue weighted by molar-refractivity contribution is -0.164. The molecule has 4 heteroatoms. The van der Waals surface area contributed by atoms with Gasteiger partial charge in [-0.2, -0.15) is 0 Å². The maximum absolute atomic E-state index is 11.9. The van der Waals surface area contributed by atoms with Crippen molar-refractivity contribution in [3.05, 3.63) is 0 Å². The summed E-state index contributed by atoms with van der Waals surface area (Å²) in [6.07, 6.45) is 1.42. The Morgan fingerprint density at radius 3 is 1.50 bits per heavy atom. The number of carbonyl (C=O) groups excluding carboxylic acids is 2. The van der Waals surface area contributed by atoms with Crippen LogP contribution >= 0.6 is 0 Å². The zero-order chi connectivity index (χ0) is 13.7. The van der Waals surface area contributed by atoms with Crippen molar-refractivity contribution in [1.29, 1.82) is 0 Å². The van der Waals surface area contributed by atoms with Crippen LogP contribution in [0.3, 0.4) is 0 Å². The highest BCUT2D eigenvalue weighted by molar-refractivity contribution is 5.82. The molecule has 1 saturated carbocycles. The van der Waals surface area contributed by atoms with Crippen LogP contribution in [0, 0.1) is 23.7 Å². The van der Waals surface area contributed by atoms with Gasteiger partial charge in [0.05, 0.1) is 25.0 Å². The van der Waals surface area contributed by atoms with Crippen molar-refractivity contribution in [2.45, 2.75) is 40.5 Å². The molecule has 4 nitrogen and oxygen atoms in total. The number of rotatable bonds is 4. The molecule has 104 valence electrons. The summed E-state index contributed by atoms with van der Waals surface area (Å²) in [6.45, 7) is 8.53. The van der Waals surface area contributed by atoms with Gasteiger partial charge in [0.25, 0.3) is 0 Å². The van der Waals surface area contributed by atoms with Crippen LogP contribution in [0.15, 0.2) is 0 Å². The molecular formula is C14H24O4. The topological polar surface area (TPSA) is 52.6 Å². The Hall–Kier alpha value is -1.06. The van der Waals surface area contributed by atoms with E-state index in [2.05, 4.69) is 13.8 Å². The van der Waals surface area contributed by atoms with Crippen LogP contribution in [-0.2, 0) is 19.1 Å². The number of hydrogen-bond donors (Lipinski definition) is 0. The summed E-state index contributed by atoms with van der Waals surface area (Å²) in [5.41, 5.74) is 0. The van der Waals surface area contributed by atoms with Crippen molar-refractivity contribution in [3.8, 4) is 0 Å². The number of esters is 2. The SMILES string of the molecule is CCOC(=O)C1CC(C)C(C)CC1C(=O)OCC. The second-order valence-corrected chi connectivity index (χ2v) is 5.14. The van der Waals surface area contributed by atoms with Gasteiger partial charge in [0.15, 0.2) is 0 Å². The fourth-order valence-corrected chi connectivity index (χ4v) is 2.61. The maximum atomic E-state index is 11.9. The number of ether oxygens (including phenoxy) is 2. The van der Waals surface area contributed by atoms with Crippen LogP contribution in [0.2, 0.25) is 0 Å². The largest absolute Gasteiger partial charge is 0.466 e. The molecule has 1 rings (SSSR count). The molecule has 0 N–H and O–H groups in total. The molecule has 0 amide bonds. The minimum Gasteiger partial charge on any atom is -0.466 e. The third-order valence-electron chi connectivity index (χ3n) is 3.89. The van der Waals surface area contributed by atoms with Gasteiger partial charge < -0.3 is 9.47 Å². The Labute approximate surface area is 109 Å². The summed E-state index contributed by atoms with van der Waals surface area (Å²) in [5.74, 6) is -0.316. The van der Waals surface area contributed by atoms with Gasteiger partial charge in [-0.3, -0.25) is 9.59 Å². The lowest BCUT2D eigenvalue weighted by Gasteiger charge is -2.36. The molecule has 0 bridgehead atoms. The maximum Gasteiger partial charge on any atom is 0.309 e. The standard InChI is InChI=1S/C14H24O4/c1-5-17-13(15)11-7-9(3)10(4)8-12(11)14(16)18-6-2/h9-12H,5-8H2,1-4H3. The summed E-state index contributed by atoms with van der Waals surface area (Å²) in [6, 6.07) is 0. The van der Waals surface area contributed by atoms with Crippen molar-refractivity contribution >= 4 is 11.9 Å². The van der Waals surface area contributed by atoms with E-state index in [1.165, 1.54) is 0 Å². The zero-order valence-electron chi connectivity index (χ0n) is 11.8. The zero-order valence-corrected chi connectivity index (χ0v) is 11.8. The molecule has 0 aromatic heterocycles. The first-order chi connectivity index (χ1) is 8.51. The van der Waals surface area contributed by atoms with Gasteiger partial charge >= 0.3 is 11.9 Å². The van der Waals surface area contributed by atoms with Gasteiger partial charge in [-0.15, -0.1) is 0 Å². The number of hydrogen-bond acceptors (Lipinski definition) is 4. The van der Waals surface area contributed by atoms with Crippen LogP contribution in [0.5, 0.6) is 0 Å². The smallest absolute Gasteiger partial charge is 0.309 e. The molecule has 0 aliphatic heterocycles. The van der Waals surface area contributed by atoms with E-state index in [1.807, 2.05) is 0 Å². The van der Waals surface area contributed by atoms with Crippen LogP contribution in [0.1, 0.15) is 40.5 Å². The van der Waals surface area contributed by atoms with E-state index < -0.39 is 0 Å². The Morgan fingerprint density at radius 1 is 0.889 bits per heavy atom. The minimum absolute atomic E-state index is 0.255. The Bertz CT molecular complexity index is 270. The first kappa shape index (κ1) is 15.0. The monoisotopic (exact) mass is 256 g/mol. The van der Waals surface area contributed by atoms with Gasteiger partial charge in [-0.25, -0.2) is 0 Å². The van der Waals surface area contributed by atoms with E-state index in [1.54, 1.807) is 13.8 Å². The summed E-state index contributed by atoms with van der Waals surface area (Å²) in [5, 5.41) is 0. The first-order valence-corrected chi connectivity index (χ1v) is 6.84. The van der Waals surface area contributed by atoms with Crippen LogP contribution < -0.4 is 0 Å². The fourth-order valence-electron chi connectivity index (χ4n) is 2.61. The number of carbonyl (C=O) groups is 2. The summed E-state index contributed by atoms with van der Waals surface area (Å²) < 4.78 is 10.2. The molecule has 0 saturated heterocycles. The molecule has 1 aliphatic carbocycles. The Kier molecular flexibility index (Phi) is 5.63. The van der Waals surface area contributed by atoms with E-state index >= 15 is 0 Å². The summed E-state index contributed by atoms with van der Waals surface area (Å²) in [7, 11) is 0. The third kappa shape index (κ3) is 3.47. The van der Waals surface area contributed by atoms with E-state index in [9.17, 15) is 9.59 Å². The van der Waals surface area contributed by atoms with E-state index in [0.29, 0.717) is 37.9 Å². The third-order valence-corrected chi connectivity index (χ3v) is 3.89. The normalized spacial score (nSPS) is 31.8. The fraction of sp³-hybridized carbons (Fsp3) is 0.857. The van der Waals surface area contributed by atoms with Gasteiger partial charge in [-0.1, -0.05) is 13.8 Å². The quantitative estimate of drug-likeness (QED) is 0.725. The van der Waals surface area contributed by atoms with Crippen molar-refractivity contribution < 1.29 is 19.1 Å². The van der Waals surface area contributed by atoms with Gasteiger partial charge in [0, 0.05) is 0 Å². The molecule has 0 spiro atoms. The van der Waals surface area contributed by atoms with E-state index in [-0.39, 0.29) is 23.8 Å². The predicted octanol–water partition coefficient (Wildman–Crippen LogP) is 2.41. The highest BCUT2D eigenvalue weighted by atomic mass is 16.5. The first-order valence-electron chi connectivity index (χ1n) is 6.84. The molecule has 0 heterocycles. The summed E-state index contributed by atoms with van der Waals surface area (Å²) >= 11 is 0. The average Bonchev–Trinajstić information content (AvgIpc) is 2.32. The van der Waals surface area contributed by atoms with E-state index in [4.69, 9.17) is 9.47 Å². The molecule has 1 aliphatic rings. The van der Waals surface area contributed by atoms with Crippen molar-refractivity contribution in [2.75, 3.05) is 13.2 Å². The molecule has 18 heavy (non-hydrogen) atoms. The second kappa shape index (κ2) is 6.76. The van der Waals surface area contributed by atoms with Crippen molar-refractivity contribution in [1.82, 2.24) is 0 Å². The van der Waals surface area contributed by atoms with E-state index in [0.717, 1.165) is 0 Å². The van der Waals surface area contributed by atoms with Crippen LogP contribution in [0.25, 0.3) is 0 Å². The average molecular weight is 256 g/mol. The molecule has 0 radical (unpaired) electrons. The molecular weight excluding hydrogens is 232 g/mol. The van der Waals surface area contributed by atoms with Gasteiger partial charge in [0.1, 0.15) is 0 Å². The Balaban J connectivity index is 2.80. The molecule has 0 aromatic rings. The highest BCUT2D eigenvalue weighted by Crippen LogP contribution is 2.39. The van der Waals surface area contributed by atoms with Crippen LogP contribution in [-0.4, -0.2) is 25.2 Å². The van der Waals surface area contributed by atoms with Gasteiger partial charge in [-0.05, 0) is 38.5 Å². The summed E-state index contributed by atoms with van der Waals surface area (Å²) in [4.78, 5) is 23.9. The minimum atomic E-state index is -0.338. The second-order valence-electron chi connectivity index (χ2n) is 5.14.